The molecule has 2 amide bonds. The van der Waals surface area contributed by atoms with Gasteiger partial charge in [-0.15, -0.1) is 0 Å². The molecule has 4 unspecified atom stereocenters. The van der Waals surface area contributed by atoms with Crippen LogP contribution in [-0.4, -0.2) is 59.4 Å². The van der Waals surface area contributed by atoms with Gasteiger partial charge in [0.1, 0.15) is 0 Å². The molecule has 2 fully saturated rings. The smallest absolute Gasteiger partial charge is 0.283 e. The van der Waals surface area contributed by atoms with E-state index in [4.69, 9.17) is 0 Å². The molecule has 0 radical (unpaired) electrons. The summed E-state index contributed by atoms with van der Waals surface area (Å²) in [5.74, 6) is 0.457. The van der Waals surface area contributed by atoms with Crippen molar-refractivity contribution in [2.45, 2.75) is 123 Å². The Morgan fingerprint density at radius 2 is 0.956 bits per heavy atom. The number of para-hydroxylation sites is 2. The molecule has 2 N–H and O–H groups in total. The van der Waals surface area contributed by atoms with Gasteiger partial charge < -0.3 is 30.3 Å². The second kappa shape index (κ2) is 14.3. The topological polar surface area (TPSA) is 104 Å². The Balaban J connectivity index is 1.45. The number of nitrogens with one attached hydrogen (secondary N) is 2. The zero-order valence-corrected chi connectivity index (χ0v) is 28.8. The van der Waals surface area contributed by atoms with Crippen LogP contribution in [0.25, 0.3) is 0 Å². The summed E-state index contributed by atoms with van der Waals surface area (Å²) in [6.07, 6.45) is 2.80. The number of amides is 2. The third-order valence-electron chi connectivity index (χ3n) is 10.1. The van der Waals surface area contributed by atoms with Crippen molar-refractivity contribution in [3.63, 3.8) is 0 Å². The molecule has 248 valence electrons. The summed E-state index contributed by atoms with van der Waals surface area (Å²) in [7, 11) is 0. The Morgan fingerprint density at radius 1 is 0.644 bits per heavy atom. The molecule has 4 rings (SSSR count). The van der Waals surface area contributed by atoms with Gasteiger partial charge >= 0.3 is 0 Å². The van der Waals surface area contributed by atoms with E-state index in [1.54, 1.807) is 0 Å². The first-order valence-corrected chi connectivity index (χ1v) is 17.2. The molecule has 8 nitrogen and oxygen atoms in total. The highest BCUT2D eigenvalue weighted by Gasteiger charge is 2.43. The van der Waals surface area contributed by atoms with Gasteiger partial charge in [0.2, 0.25) is 0 Å². The number of benzene rings is 2. The number of quaternary nitrogens is 2. The molecule has 2 aromatic carbocycles. The standard InChI is InChI=1S/C37H56N4O4/c1-24(2)28-14-9-15-29(25(3)4)34(28)38-36(42)32-18-11-20-40(32,44)22-13-23-41(45)21-12-19-33(41)37(43)39-35-30(26(5)6)16-10-17-31(35)27(7)8/h9-10,14-17,24-27,32-33H,11-13,18-23H2,1-8H3,(H,38,42)(H,39,43). The zero-order valence-electron chi connectivity index (χ0n) is 28.8. The third kappa shape index (κ3) is 7.62. The van der Waals surface area contributed by atoms with Crippen molar-refractivity contribution in [3.05, 3.63) is 69.1 Å². The molecule has 45 heavy (non-hydrogen) atoms. The van der Waals surface area contributed by atoms with Crippen LogP contribution in [0.4, 0.5) is 11.4 Å². The van der Waals surface area contributed by atoms with E-state index in [2.05, 4.69) is 66.0 Å². The van der Waals surface area contributed by atoms with Crippen LogP contribution in [0, 0.1) is 10.4 Å². The molecule has 2 aliphatic rings. The van der Waals surface area contributed by atoms with Crippen molar-refractivity contribution in [2.24, 2.45) is 0 Å². The molecule has 0 spiro atoms. The summed E-state index contributed by atoms with van der Waals surface area (Å²) in [6.45, 7) is 18.0. The fourth-order valence-corrected chi connectivity index (χ4v) is 7.52. The molecule has 2 aromatic rings. The van der Waals surface area contributed by atoms with E-state index in [0.717, 1.165) is 33.6 Å². The van der Waals surface area contributed by atoms with Gasteiger partial charge in [-0.2, -0.15) is 0 Å². The Kier molecular flexibility index (Phi) is 11.2. The number of anilines is 2. The summed E-state index contributed by atoms with van der Waals surface area (Å²) in [6, 6.07) is 10.8. The minimum atomic E-state index is -0.704. The largest absolute Gasteiger partial charge is 0.632 e. The quantitative estimate of drug-likeness (QED) is 0.185. The lowest BCUT2D eigenvalue weighted by Crippen LogP contribution is -2.56. The maximum Gasteiger partial charge on any atom is 0.283 e. The van der Waals surface area contributed by atoms with Gasteiger partial charge in [0.05, 0.1) is 26.2 Å². The van der Waals surface area contributed by atoms with Gasteiger partial charge in [-0.3, -0.25) is 9.59 Å². The fourth-order valence-electron chi connectivity index (χ4n) is 7.52. The molecule has 0 aromatic heterocycles. The van der Waals surface area contributed by atoms with E-state index in [0.29, 0.717) is 45.2 Å². The maximum atomic E-state index is 14.1. The Morgan fingerprint density at radius 3 is 1.24 bits per heavy atom. The molecule has 2 heterocycles. The van der Waals surface area contributed by atoms with Gasteiger partial charge in [-0.05, 0) is 45.9 Å². The molecule has 2 saturated heterocycles. The lowest BCUT2D eigenvalue weighted by atomic mass is 9.92. The van der Waals surface area contributed by atoms with E-state index in [-0.39, 0.29) is 48.6 Å². The number of hydrogen-bond donors (Lipinski definition) is 2. The van der Waals surface area contributed by atoms with Gasteiger partial charge in [-0.25, -0.2) is 0 Å². The molecular formula is C37H56N4O4. The summed E-state index contributed by atoms with van der Waals surface area (Å²) in [4.78, 5) is 27.4. The lowest BCUT2D eigenvalue weighted by Gasteiger charge is -2.46. The Labute approximate surface area is 270 Å². The second-order valence-corrected chi connectivity index (χ2v) is 14.7. The van der Waals surface area contributed by atoms with Crippen LogP contribution in [0.15, 0.2) is 36.4 Å². The number of likely N-dealkylation sites (tertiary alicyclic amines) is 2. The second-order valence-electron chi connectivity index (χ2n) is 14.7. The fraction of sp³-hybridized carbons (Fsp3) is 0.622. The SMILES string of the molecule is CC(C)c1cccc(C(C)C)c1NC(=O)C1CCC[N+]1([O-])CCC[N+]1([O-])CCCC1C(=O)Nc1c(C(C)C)cccc1C(C)C. The van der Waals surface area contributed by atoms with Gasteiger partial charge in [0.15, 0.2) is 12.1 Å². The maximum absolute atomic E-state index is 14.1. The number of nitrogens with zero attached hydrogens (tertiary/aromatic N) is 2. The first-order chi connectivity index (χ1) is 21.2. The van der Waals surface area contributed by atoms with Crippen molar-refractivity contribution < 1.29 is 18.9 Å². The zero-order chi connectivity index (χ0) is 33.1. The van der Waals surface area contributed by atoms with Gasteiger partial charge in [0.25, 0.3) is 11.8 Å². The van der Waals surface area contributed by atoms with Crippen molar-refractivity contribution in [1.29, 1.82) is 0 Å². The van der Waals surface area contributed by atoms with Crippen LogP contribution in [0.2, 0.25) is 0 Å². The van der Waals surface area contributed by atoms with E-state index >= 15 is 0 Å². The lowest BCUT2D eigenvalue weighted by molar-refractivity contribution is -0.902. The molecule has 0 aliphatic carbocycles. The normalized spacial score (nSPS) is 25.1. The van der Waals surface area contributed by atoms with Gasteiger partial charge in [-0.1, -0.05) is 91.8 Å². The molecular weight excluding hydrogens is 564 g/mol. The summed E-state index contributed by atoms with van der Waals surface area (Å²) >= 11 is 0. The number of hydroxylamine groups is 6. The Hall–Kier alpha value is -2.78. The van der Waals surface area contributed by atoms with Crippen LogP contribution in [0.5, 0.6) is 0 Å². The highest BCUT2D eigenvalue weighted by Crippen LogP contribution is 2.36. The van der Waals surface area contributed by atoms with Crippen molar-refractivity contribution in [2.75, 3.05) is 36.8 Å². The van der Waals surface area contributed by atoms with E-state index in [1.807, 2.05) is 36.4 Å². The third-order valence-corrected chi connectivity index (χ3v) is 10.1. The van der Waals surface area contributed by atoms with Crippen LogP contribution in [0.1, 0.15) is 133 Å². The van der Waals surface area contributed by atoms with E-state index < -0.39 is 21.4 Å². The number of hydrogen-bond acceptors (Lipinski definition) is 4. The van der Waals surface area contributed by atoms with Crippen molar-refractivity contribution >= 4 is 23.2 Å². The van der Waals surface area contributed by atoms with Crippen molar-refractivity contribution in [1.82, 2.24) is 0 Å². The highest BCUT2D eigenvalue weighted by molar-refractivity contribution is 5.96. The predicted molar refractivity (Wildman–Crippen MR) is 184 cm³/mol. The average molecular weight is 621 g/mol. The molecule has 0 saturated carbocycles. The number of carbonyl (C=O) groups is 2. The molecule has 8 heteroatoms. The number of carbonyl (C=O) groups excluding carboxylic acids is 2. The van der Waals surface area contributed by atoms with E-state index in [9.17, 15) is 20.0 Å². The Bertz CT molecular complexity index is 1200. The molecule has 2 aliphatic heterocycles. The summed E-state index contributed by atoms with van der Waals surface area (Å²) < 4.78 is -1.22. The molecule has 0 bridgehead atoms. The minimum Gasteiger partial charge on any atom is -0.632 e. The average Bonchev–Trinajstić information content (AvgIpc) is 3.55. The first kappa shape index (κ1) is 35.1. The minimum absolute atomic E-state index is 0.200. The van der Waals surface area contributed by atoms with Crippen LogP contribution in [0.3, 0.4) is 0 Å². The van der Waals surface area contributed by atoms with Crippen LogP contribution >= 0.6 is 0 Å². The van der Waals surface area contributed by atoms with Crippen LogP contribution in [-0.2, 0) is 9.59 Å². The predicted octanol–water partition coefficient (Wildman–Crippen LogP) is 8.10. The van der Waals surface area contributed by atoms with Gasteiger partial charge in [0, 0.05) is 43.5 Å². The monoisotopic (exact) mass is 620 g/mol. The highest BCUT2D eigenvalue weighted by atomic mass is 16.6. The number of rotatable bonds is 12. The van der Waals surface area contributed by atoms with Crippen molar-refractivity contribution in [3.8, 4) is 0 Å². The summed E-state index contributed by atoms with van der Waals surface area (Å²) in [5, 5.41) is 34.6. The summed E-state index contributed by atoms with van der Waals surface area (Å²) in [5.41, 5.74) is 5.96. The first-order valence-electron chi connectivity index (χ1n) is 17.2. The van der Waals surface area contributed by atoms with E-state index in [1.165, 1.54) is 0 Å². The van der Waals surface area contributed by atoms with Crippen LogP contribution < -0.4 is 10.6 Å². The molecule has 4 atom stereocenters.